The third-order valence-corrected chi connectivity index (χ3v) is 3.99. The highest BCUT2D eigenvalue weighted by Gasteiger charge is 2.14. The molecule has 1 aliphatic rings. The Morgan fingerprint density at radius 3 is 2.74 bits per heavy atom. The zero-order valence-electron chi connectivity index (χ0n) is 14.1. The molecule has 0 aliphatic heterocycles. The highest BCUT2D eigenvalue weighted by atomic mass is 16.1. The van der Waals surface area contributed by atoms with Crippen molar-refractivity contribution in [2.45, 2.75) is 51.5 Å². The molecule has 126 valence electrons. The van der Waals surface area contributed by atoms with Gasteiger partial charge in [-0.05, 0) is 31.4 Å². The van der Waals surface area contributed by atoms with E-state index in [4.69, 9.17) is 0 Å². The van der Waals surface area contributed by atoms with Crippen LogP contribution in [-0.2, 0) is 4.79 Å². The minimum absolute atomic E-state index is 0.0537. The lowest BCUT2D eigenvalue weighted by atomic mass is 9.96. The lowest BCUT2D eigenvalue weighted by Crippen LogP contribution is -2.44. The Hall–Kier alpha value is -2.11. The molecule has 6 heteroatoms. The molecule has 6 nitrogen and oxygen atoms in total. The molecule has 0 aromatic carbocycles. The lowest BCUT2D eigenvalue weighted by Gasteiger charge is -2.24. The lowest BCUT2D eigenvalue weighted by molar-refractivity contribution is -0.116. The van der Waals surface area contributed by atoms with Crippen LogP contribution in [0.1, 0.15) is 44.1 Å². The summed E-state index contributed by atoms with van der Waals surface area (Å²) in [5.74, 6) is 1.31. The second-order valence-corrected chi connectivity index (χ2v) is 6.00. The number of amides is 1. The van der Waals surface area contributed by atoms with Crippen LogP contribution in [0.25, 0.3) is 0 Å². The van der Waals surface area contributed by atoms with Gasteiger partial charge in [-0.1, -0.05) is 25.3 Å². The van der Waals surface area contributed by atoms with E-state index in [1.54, 1.807) is 13.2 Å². The number of hydrogen-bond acceptors (Lipinski definition) is 3. The number of aromatic nitrogens is 1. The van der Waals surface area contributed by atoms with E-state index in [9.17, 15) is 4.79 Å². The minimum atomic E-state index is -0.0537. The van der Waals surface area contributed by atoms with Crippen molar-refractivity contribution >= 4 is 17.7 Å². The first kappa shape index (κ1) is 17.2. The van der Waals surface area contributed by atoms with Crippen LogP contribution in [0.2, 0.25) is 0 Å². The Morgan fingerprint density at radius 2 is 2.09 bits per heavy atom. The van der Waals surface area contributed by atoms with Crippen molar-refractivity contribution in [3.05, 3.63) is 23.9 Å². The summed E-state index contributed by atoms with van der Waals surface area (Å²) in [6.07, 6.45) is 8.39. The van der Waals surface area contributed by atoms with Crippen LogP contribution < -0.4 is 16.0 Å². The van der Waals surface area contributed by atoms with E-state index < -0.39 is 0 Å². The third kappa shape index (κ3) is 6.26. The van der Waals surface area contributed by atoms with Crippen molar-refractivity contribution in [1.29, 1.82) is 0 Å². The summed E-state index contributed by atoms with van der Waals surface area (Å²) in [5, 5.41) is 9.42. The van der Waals surface area contributed by atoms with Gasteiger partial charge in [0.15, 0.2) is 5.96 Å². The van der Waals surface area contributed by atoms with Gasteiger partial charge in [0.2, 0.25) is 5.91 Å². The summed E-state index contributed by atoms with van der Waals surface area (Å²) in [4.78, 5) is 20.3. The van der Waals surface area contributed by atoms with E-state index in [0.29, 0.717) is 24.8 Å². The standard InChI is InChI=1S/C17H27N5O/c1-13-8-9-15(20-12-13)22-16(23)10-11-19-17(18-2)21-14-6-4-3-5-7-14/h8-9,12,14H,3-7,10-11H2,1-2H3,(H2,18,19,21)(H,20,22,23). The molecule has 0 spiro atoms. The SMILES string of the molecule is CN=C(NCCC(=O)Nc1ccc(C)cn1)NC1CCCCC1. The topological polar surface area (TPSA) is 78.4 Å². The molecule has 0 saturated heterocycles. The predicted molar refractivity (Wildman–Crippen MR) is 93.6 cm³/mol. The molecule has 1 aromatic heterocycles. The summed E-state index contributed by atoms with van der Waals surface area (Å²) < 4.78 is 0. The van der Waals surface area contributed by atoms with Crippen LogP contribution in [-0.4, -0.2) is 36.5 Å². The van der Waals surface area contributed by atoms with Crippen LogP contribution >= 0.6 is 0 Å². The van der Waals surface area contributed by atoms with E-state index >= 15 is 0 Å². The first-order valence-corrected chi connectivity index (χ1v) is 8.37. The molecule has 1 saturated carbocycles. The Labute approximate surface area is 138 Å². The molecule has 23 heavy (non-hydrogen) atoms. The Morgan fingerprint density at radius 1 is 1.30 bits per heavy atom. The van der Waals surface area contributed by atoms with Gasteiger partial charge in [0, 0.05) is 32.3 Å². The van der Waals surface area contributed by atoms with Crippen molar-refractivity contribution in [3.8, 4) is 0 Å². The number of carbonyl (C=O) groups is 1. The van der Waals surface area contributed by atoms with Crippen molar-refractivity contribution in [1.82, 2.24) is 15.6 Å². The van der Waals surface area contributed by atoms with Gasteiger partial charge in [-0.2, -0.15) is 0 Å². The quantitative estimate of drug-likeness (QED) is 0.575. The third-order valence-electron chi connectivity index (χ3n) is 3.99. The van der Waals surface area contributed by atoms with Gasteiger partial charge in [-0.25, -0.2) is 4.98 Å². The molecular formula is C17H27N5O. The molecule has 0 radical (unpaired) electrons. The molecule has 1 fully saturated rings. The fourth-order valence-corrected chi connectivity index (χ4v) is 2.68. The molecule has 0 unspecified atom stereocenters. The minimum Gasteiger partial charge on any atom is -0.356 e. The molecule has 3 N–H and O–H groups in total. The molecule has 0 atom stereocenters. The number of anilines is 1. The van der Waals surface area contributed by atoms with Gasteiger partial charge in [0.1, 0.15) is 5.82 Å². The van der Waals surface area contributed by atoms with Crippen molar-refractivity contribution < 1.29 is 4.79 Å². The number of nitrogens with zero attached hydrogens (tertiary/aromatic N) is 2. The zero-order valence-corrected chi connectivity index (χ0v) is 14.1. The number of rotatable bonds is 5. The van der Waals surface area contributed by atoms with Crippen LogP contribution in [0.4, 0.5) is 5.82 Å². The zero-order chi connectivity index (χ0) is 16.5. The normalized spacial score (nSPS) is 16.0. The number of nitrogens with one attached hydrogen (secondary N) is 3. The van der Waals surface area contributed by atoms with Gasteiger partial charge in [-0.3, -0.25) is 9.79 Å². The fraction of sp³-hybridized carbons (Fsp3) is 0.588. The molecule has 1 aromatic rings. The molecule has 0 bridgehead atoms. The first-order chi connectivity index (χ1) is 11.2. The van der Waals surface area contributed by atoms with E-state index in [1.165, 1.54) is 32.1 Å². The summed E-state index contributed by atoms with van der Waals surface area (Å²) >= 11 is 0. The molecule has 1 aliphatic carbocycles. The number of aliphatic imine (C=N–C) groups is 1. The summed E-state index contributed by atoms with van der Waals surface area (Å²) in [6.45, 7) is 2.51. The van der Waals surface area contributed by atoms with Gasteiger partial charge in [0.25, 0.3) is 0 Å². The molecule has 2 rings (SSSR count). The average molecular weight is 317 g/mol. The second kappa shape index (κ2) is 9.12. The van der Waals surface area contributed by atoms with Crippen LogP contribution in [0.5, 0.6) is 0 Å². The van der Waals surface area contributed by atoms with Crippen molar-refractivity contribution in [2.24, 2.45) is 4.99 Å². The number of aryl methyl sites for hydroxylation is 1. The van der Waals surface area contributed by atoms with Gasteiger partial charge < -0.3 is 16.0 Å². The predicted octanol–water partition coefficient (Wildman–Crippen LogP) is 2.22. The van der Waals surface area contributed by atoms with Crippen LogP contribution in [0.3, 0.4) is 0 Å². The first-order valence-electron chi connectivity index (χ1n) is 8.37. The number of guanidine groups is 1. The Kier molecular flexibility index (Phi) is 6.84. The van der Waals surface area contributed by atoms with E-state index in [1.807, 2.05) is 19.1 Å². The second-order valence-electron chi connectivity index (χ2n) is 6.00. The smallest absolute Gasteiger partial charge is 0.227 e. The maximum absolute atomic E-state index is 11.9. The molecule has 1 heterocycles. The number of hydrogen-bond donors (Lipinski definition) is 3. The highest BCUT2D eigenvalue weighted by molar-refractivity contribution is 5.90. The van der Waals surface area contributed by atoms with E-state index in [2.05, 4.69) is 25.9 Å². The van der Waals surface area contributed by atoms with Gasteiger partial charge >= 0.3 is 0 Å². The Bertz CT molecular complexity index is 520. The van der Waals surface area contributed by atoms with Gasteiger partial charge in [-0.15, -0.1) is 0 Å². The monoisotopic (exact) mass is 317 g/mol. The summed E-state index contributed by atoms with van der Waals surface area (Å²) in [6, 6.07) is 4.24. The molecule has 1 amide bonds. The van der Waals surface area contributed by atoms with Crippen LogP contribution in [0.15, 0.2) is 23.3 Å². The van der Waals surface area contributed by atoms with E-state index in [-0.39, 0.29) is 5.91 Å². The molecular weight excluding hydrogens is 290 g/mol. The largest absolute Gasteiger partial charge is 0.356 e. The number of carbonyl (C=O) groups excluding carboxylic acids is 1. The number of pyridine rings is 1. The summed E-state index contributed by atoms with van der Waals surface area (Å²) in [5.41, 5.74) is 1.07. The maximum Gasteiger partial charge on any atom is 0.227 e. The van der Waals surface area contributed by atoms with E-state index in [0.717, 1.165) is 11.5 Å². The summed E-state index contributed by atoms with van der Waals surface area (Å²) in [7, 11) is 1.76. The van der Waals surface area contributed by atoms with Crippen LogP contribution in [0, 0.1) is 6.92 Å². The van der Waals surface area contributed by atoms with Crippen molar-refractivity contribution in [3.63, 3.8) is 0 Å². The maximum atomic E-state index is 11.9. The average Bonchev–Trinajstić information content (AvgIpc) is 2.57. The fourth-order valence-electron chi connectivity index (χ4n) is 2.68. The van der Waals surface area contributed by atoms with Gasteiger partial charge in [0.05, 0.1) is 0 Å². The van der Waals surface area contributed by atoms with Crippen molar-refractivity contribution in [2.75, 3.05) is 18.9 Å². The Balaban J connectivity index is 1.68. The highest BCUT2D eigenvalue weighted by Crippen LogP contribution is 2.17.